The largest absolute Gasteiger partial charge is 0.494 e. The molecule has 14 heteroatoms. The summed E-state index contributed by atoms with van der Waals surface area (Å²) in [6.45, 7) is 5.78. The normalized spacial score (nSPS) is 13.8. The maximum Gasteiger partial charge on any atom is 0.317 e. The van der Waals surface area contributed by atoms with Gasteiger partial charge in [-0.05, 0) is 49.7 Å². The van der Waals surface area contributed by atoms with Crippen LogP contribution in [0.2, 0.25) is 0 Å². The standard InChI is InChI=1S/C29H32F2N8O3.ClH/c1-17-14-19(4-5-20(17)28(40)37-10-12-38(13-11-37)29(41)35-15-18(2)32)36-26-27-34-16-22(39(27)9-8-33-26)21-6-7-23(42-3)25(31)24(21)30;/h4-9,14,16,18H,10-13,15,32H2,1-3H3,(H,33,36)(H,35,41);1H/t18-;/m1./s1. The summed E-state index contributed by atoms with van der Waals surface area (Å²) in [4.78, 5) is 37.8. The van der Waals surface area contributed by atoms with E-state index in [-0.39, 0.29) is 41.7 Å². The maximum atomic E-state index is 14.8. The Hall–Kier alpha value is -4.49. The lowest BCUT2D eigenvalue weighted by Gasteiger charge is -2.35. The summed E-state index contributed by atoms with van der Waals surface area (Å²) in [5.41, 5.74) is 8.47. The first-order chi connectivity index (χ1) is 20.2. The number of imidazole rings is 1. The van der Waals surface area contributed by atoms with Crippen molar-refractivity contribution in [3.63, 3.8) is 0 Å². The van der Waals surface area contributed by atoms with Gasteiger partial charge in [0.05, 0.1) is 19.0 Å². The van der Waals surface area contributed by atoms with Crippen LogP contribution in [0, 0.1) is 18.6 Å². The van der Waals surface area contributed by atoms with E-state index in [0.717, 1.165) is 5.56 Å². The van der Waals surface area contributed by atoms with Crippen molar-refractivity contribution < 1.29 is 23.1 Å². The number of hydrogen-bond donors (Lipinski definition) is 3. The van der Waals surface area contributed by atoms with E-state index in [0.29, 0.717) is 61.1 Å². The Morgan fingerprint density at radius 2 is 1.79 bits per heavy atom. The molecule has 11 nitrogen and oxygen atoms in total. The Balaban J connectivity index is 0.00000423. The molecule has 1 aliphatic heterocycles. The number of fused-ring (bicyclic) bond motifs is 1. The van der Waals surface area contributed by atoms with Crippen LogP contribution in [-0.2, 0) is 0 Å². The minimum absolute atomic E-state index is 0. The average molecular weight is 615 g/mol. The smallest absolute Gasteiger partial charge is 0.317 e. The van der Waals surface area contributed by atoms with Crippen molar-refractivity contribution in [3.8, 4) is 17.0 Å². The van der Waals surface area contributed by atoms with Crippen LogP contribution >= 0.6 is 12.4 Å². The molecule has 2 aromatic heterocycles. The molecule has 43 heavy (non-hydrogen) atoms. The topological polar surface area (TPSA) is 130 Å². The molecule has 0 unspecified atom stereocenters. The van der Waals surface area contributed by atoms with Crippen LogP contribution in [0.3, 0.4) is 0 Å². The fraction of sp³-hybridized carbons (Fsp3) is 0.310. The molecule has 2 aromatic carbocycles. The van der Waals surface area contributed by atoms with Gasteiger partial charge in [-0.3, -0.25) is 9.20 Å². The summed E-state index contributed by atoms with van der Waals surface area (Å²) >= 11 is 0. The molecule has 0 spiro atoms. The van der Waals surface area contributed by atoms with E-state index in [4.69, 9.17) is 10.5 Å². The molecule has 5 rings (SSSR count). The Morgan fingerprint density at radius 3 is 2.47 bits per heavy atom. The van der Waals surface area contributed by atoms with Crippen LogP contribution in [0.5, 0.6) is 5.75 Å². The highest BCUT2D eigenvalue weighted by Gasteiger charge is 2.26. The second-order valence-corrected chi connectivity index (χ2v) is 10.2. The maximum absolute atomic E-state index is 14.8. The number of piperazine rings is 1. The van der Waals surface area contributed by atoms with Gasteiger partial charge in [0.1, 0.15) is 0 Å². The Kier molecular flexibility index (Phi) is 9.66. The number of urea groups is 1. The van der Waals surface area contributed by atoms with E-state index in [9.17, 15) is 18.4 Å². The zero-order valence-corrected chi connectivity index (χ0v) is 24.8. The fourth-order valence-corrected chi connectivity index (χ4v) is 4.86. The van der Waals surface area contributed by atoms with E-state index in [2.05, 4.69) is 20.6 Å². The molecule has 228 valence electrons. The average Bonchev–Trinajstić information content (AvgIpc) is 3.42. The SMILES string of the molecule is COc1ccc(-c2cnc3c(Nc4ccc(C(=O)N5CCN(C(=O)NC[C@@H](C)N)CC5)c(C)c4)nccn23)c(F)c1F.Cl. The summed E-state index contributed by atoms with van der Waals surface area (Å²) in [5, 5.41) is 6.01. The van der Waals surface area contributed by atoms with Crippen molar-refractivity contribution in [1.82, 2.24) is 29.5 Å². The van der Waals surface area contributed by atoms with Crippen molar-refractivity contribution in [2.24, 2.45) is 5.73 Å². The molecule has 1 saturated heterocycles. The van der Waals surface area contributed by atoms with Crippen LogP contribution in [0.25, 0.3) is 16.9 Å². The first kappa shape index (κ1) is 31.4. The number of rotatable bonds is 7. The van der Waals surface area contributed by atoms with Gasteiger partial charge in [0.25, 0.3) is 5.91 Å². The van der Waals surface area contributed by atoms with Gasteiger partial charge in [-0.25, -0.2) is 19.2 Å². The summed E-state index contributed by atoms with van der Waals surface area (Å²) in [5.74, 6) is -2.01. The highest BCUT2D eigenvalue weighted by atomic mass is 35.5. The number of carbonyl (C=O) groups excluding carboxylic acids is 2. The molecule has 1 fully saturated rings. The molecule has 3 heterocycles. The summed E-state index contributed by atoms with van der Waals surface area (Å²) < 4.78 is 35.6. The van der Waals surface area contributed by atoms with Gasteiger partial charge in [0.15, 0.2) is 23.0 Å². The van der Waals surface area contributed by atoms with Crippen LogP contribution in [0.4, 0.5) is 25.1 Å². The molecule has 4 N–H and O–H groups in total. The third kappa shape index (κ3) is 6.47. The van der Waals surface area contributed by atoms with Crippen molar-refractivity contribution >= 4 is 41.5 Å². The second-order valence-electron chi connectivity index (χ2n) is 10.2. The number of methoxy groups -OCH3 is 1. The number of nitrogens with zero attached hydrogens (tertiary/aromatic N) is 5. The number of nitrogens with two attached hydrogens (primary N) is 1. The van der Waals surface area contributed by atoms with Gasteiger partial charge in [0, 0.05) is 68.0 Å². The van der Waals surface area contributed by atoms with Gasteiger partial charge in [-0.2, -0.15) is 4.39 Å². The number of amides is 3. The van der Waals surface area contributed by atoms with E-state index in [1.54, 1.807) is 32.5 Å². The fourth-order valence-electron chi connectivity index (χ4n) is 4.86. The summed E-state index contributed by atoms with van der Waals surface area (Å²) in [7, 11) is 1.27. The molecule has 0 aliphatic carbocycles. The summed E-state index contributed by atoms with van der Waals surface area (Å²) in [6, 6.07) is 7.83. The zero-order chi connectivity index (χ0) is 30.0. The molecule has 0 saturated carbocycles. The van der Waals surface area contributed by atoms with Crippen LogP contribution in [-0.4, -0.2) is 82.0 Å². The van der Waals surface area contributed by atoms with E-state index in [1.165, 1.54) is 31.6 Å². The molecule has 0 bridgehead atoms. The van der Waals surface area contributed by atoms with Gasteiger partial charge in [-0.1, -0.05) is 0 Å². The minimum atomic E-state index is -1.08. The van der Waals surface area contributed by atoms with Gasteiger partial charge >= 0.3 is 6.03 Å². The lowest BCUT2D eigenvalue weighted by molar-refractivity contribution is 0.0664. The summed E-state index contributed by atoms with van der Waals surface area (Å²) in [6.07, 6.45) is 4.58. The molecule has 1 aliphatic rings. The second kappa shape index (κ2) is 13.2. The number of benzene rings is 2. The van der Waals surface area contributed by atoms with Crippen LogP contribution in [0.15, 0.2) is 48.9 Å². The monoisotopic (exact) mass is 614 g/mol. The number of ether oxygens (including phenoxy) is 1. The third-order valence-electron chi connectivity index (χ3n) is 7.12. The molecule has 0 radical (unpaired) electrons. The van der Waals surface area contributed by atoms with Crippen molar-refractivity contribution in [3.05, 3.63) is 71.7 Å². The Morgan fingerprint density at radius 1 is 1.07 bits per heavy atom. The number of carbonyl (C=O) groups is 2. The molecule has 3 amide bonds. The van der Waals surface area contributed by atoms with Crippen molar-refractivity contribution in [2.45, 2.75) is 19.9 Å². The van der Waals surface area contributed by atoms with E-state index in [1.807, 2.05) is 19.9 Å². The highest BCUT2D eigenvalue weighted by molar-refractivity contribution is 5.96. The van der Waals surface area contributed by atoms with Crippen LogP contribution in [0.1, 0.15) is 22.8 Å². The Bertz CT molecular complexity index is 1640. The Labute approximate surface area is 253 Å². The molecular formula is C29H33ClF2N8O3. The highest BCUT2D eigenvalue weighted by Crippen LogP contribution is 2.31. The van der Waals surface area contributed by atoms with E-state index < -0.39 is 11.6 Å². The predicted octanol–water partition coefficient (Wildman–Crippen LogP) is 3.97. The number of anilines is 2. The first-order valence-corrected chi connectivity index (χ1v) is 13.5. The number of halogens is 3. The predicted molar refractivity (Wildman–Crippen MR) is 161 cm³/mol. The van der Waals surface area contributed by atoms with Gasteiger partial charge in [-0.15, -0.1) is 12.4 Å². The van der Waals surface area contributed by atoms with Crippen molar-refractivity contribution in [2.75, 3.05) is 45.2 Å². The quantitative estimate of drug-likeness (QED) is 0.287. The van der Waals surface area contributed by atoms with Crippen LogP contribution < -0.4 is 21.1 Å². The van der Waals surface area contributed by atoms with Crippen molar-refractivity contribution in [1.29, 1.82) is 0 Å². The molecular weight excluding hydrogens is 582 g/mol. The lowest BCUT2D eigenvalue weighted by Crippen LogP contribution is -2.54. The number of aromatic nitrogens is 3. The number of hydrogen-bond acceptors (Lipinski definition) is 7. The molecule has 1 atom stereocenters. The molecule has 4 aromatic rings. The lowest BCUT2D eigenvalue weighted by atomic mass is 10.1. The first-order valence-electron chi connectivity index (χ1n) is 13.5. The minimum Gasteiger partial charge on any atom is -0.494 e. The number of aryl methyl sites for hydroxylation is 1. The zero-order valence-electron chi connectivity index (χ0n) is 23.9. The van der Waals surface area contributed by atoms with E-state index >= 15 is 0 Å². The van der Waals surface area contributed by atoms with Gasteiger partial charge < -0.3 is 30.9 Å². The number of nitrogens with one attached hydrogen (secondary N) is 2. The third-order valence-corrected chi connectivity index (χ3v) is 7.12. The van der Waals surface area contributed by atoms with Gasteiger partial charge in [0.2, 0.25) is 5.82 Å².